The molecule has 0 radical (unpaired) electrons. The number of amides is 3. The molecule has 3 aromatic heterocycles. The lowest BCUT2D eigenvalue weighted by atomic mass is 10.1. The first kappa shape index (κ1) is 32.2. The predicted molar refractivity (Wildman–Crippen MR) is 171 cm³/mol. The van der Waals surface area contributed by atoms with Gasteiger partial charge in [0.05, 0.1) is 25.1 Å². The van der Waals surface area contributed by atoms with Gasteiger partial charge in [0.2, 0.25) is 0 Å². The number of hydrogen-bond acceptors (Lipinski definition) is 8. The molecule has 0 spiro atoms. The molecule has 0 saturated carbocycles. The van der Waals surface area contributed by atoms with Crippen molar-refractivity contribution in [3.05, 3.63) is 93.5 Å². The molecule has 3 amide bonds. The Morgan fingerprint density at radius 2 is 1.91 bits per heavy atom. The number of alkyl halides is 1. The number of fused-ring (bicyclic) bond motifs is 2. The number of pyridine rings is 1. The maximum Gasteiger partial charge on any atom is 0.270 e. The summed E-state index contributed by atoms with van der Waals surface area (Å²) in [6, 6.07) is 4.84. The molecule has 11 nitrogen and oxygen atoms in total. The van der Waals surface area contributed by atoms with E-state index in [0.717, 1.165) is 25.9 Å². The molecule has 47 heavy (non-hydrogen) atoms. The average Bonchev–Trinajstić information content (AvgIpc) is 3.84. The Kier molecular flexibility index (Phi) is 9.31. The zero-order valence-corrected chi connectivity index (χ0v) is 26.5. The predicted octanol–water partition coefficient (Wildman–Crippen LogP) is 3.41. The van der Waals surface area contributed by atoms with Crippen molar-refractivity contribution >= 4 is 46.6 Å². The fourth-order valence-electron chi connectivity index (χ4n) is 6.03. The van der Waals surface area contributed by atoms with Crippen molar-refractivity contribution in [2.24, 2.45) is 0 Å². The van der Waals surface area contributed by atoms with Gasteiger partial charge in [0, 0.05) is 58.2 Å². The minimum Gasteiger partial charge on any atom is -0.348 e. The quantitative estimate of drug-likeness (QED) is 0.266. The lowest BCUT2D eigenvalue weighted by Crippen LogP contribution is -2.42. The van der Waals surface area contributed by atoms with Gasteiger partial charge >= 0.3 is 0 Å². The second-order valence-corrected chi connectivity index (χ2v) is 12.3. The third-order valence-electron chi connectivity index (χ3n) is 8.31. The van der Waals surface area contributed by atoms with Crippen molar-refractivity contribution in [3.63, 3.8) is 0 Å². The Balaban J connectivity index is 0.00000386. The number of aromatic nitrogens is 4. The Hall–Kier alpha value is -4.71. The van der Waals surface area contributed by atoms with E-state index in [4.69, 9.17) is 0 Å². The maximum absolute atomic E-state index is 15.5. The van der Waals surface area contributed by atoms with Crippen LogP contribution in [0.5, 0.6) is 0 Å². The third-order valence-corrected chi connectivity index (χ3v) is 9.00. The van der Waals surface area contributed by atoms with Crippen LogP contribution >= 0.6 is 23.7 Å². The van der Waals surface area contributed by atoms with Gasteiger partial charge in [0.25, 0.3) is 17.7 Å². The van der Waals surface area contributed by atoms with Crippen molar-refractivity contribution in [2.45, 2.75) is 50.6 Å². The lowest BCUT2D eigenvalue weighted by Gasteiger charge is -2.26. The number of imidazole rings is 1. The number of rotatable bonds is 6. The van der Waals surface area contributed by atoms with E-state index >= 15 is 4.39 Å². The van der Waals surface area contributed by atoms with Crippen LogP contribution in [0.15, 0.2) is 48.4 Å². The summed E-state index contributed by atoms with van der Waals surface area (Å²) in [5.41, 5.74) is 2.02. The second kappa shape index (κ2) is 13.6. The first-order chi connectivity index (χ1) is 22.3. The summed E-state index contributed by atoms with van der Waals surface area (Å²) >= 11 is 1.21. The zero-order chi connectivity index (χ0) is 31.8. The molecule has 1 saturated heterocycles. The van der Waals surface area contributed by atoms with E-state index in [-0.39, 0.29) is 71.9 Å². The zero-order valence-electron chi connectivity index (χ0n) is 24.8. The fourth-order valence-corrected chi connectivity index (χ4v) is 6.56. The van der Waals surface area contributed by atoms with Gasteiger partial charge in [-0.05, 0) is 50.2 Å². The molecule has 1 fully saturated rings. The number of benzene rings is 1. The van der Waals surface area contributed by atoms with Gasteiger partial charge in [-0.15, -0.1) is 23.7 Å². The number of thiazole rings is 1. The van der Waals surface area contributed by atoms with Gasteiger partial charge < -0.3 is 20.1 Å². The monoisotopic (exact) mass is 678 g/mol. The molecule has 4 aromatic rings. The largest absolute Gasteiger partial charge is 0.348 e. The van der Waals surface area contributed by atoms with Crippen molar-refractivity contribution in [1.29, 1.82) is 0 Å². The van der Waals surface area contributed by atoms with Crippen molar-refractivity contribution < 1.29 is 23.2 Å². The highest BCUT2D eigenvalue weighted by Crippen LogP contribution is 2.36. The van der Waals surface area contributed by atoms with Crippen LogP contribution in [0.3, 0.4) is 0 Å². The van der Waals surface area contributed by atoms with Crippen LogP contribution in [0.2, 0.25) is 0 Å². The Labute approximate surface area is 278 Å². The number of carbonyl (C=O) groups is 3. The van der Waals surface area contributed by atoms with Crippen molar-refractivity contribution in [1.82, 2.24) is 35.1 Å². The molecule has 2 atom stereocenters. The highest BCUT2D eigenvalue weighted by molar-refractivity contribution is 7.13. The van der Waals surface area contributed by atoms with Gasteiger partial charge in [-0.25, -0.2) is 23.7 Å². The summed E-state index contributed by atoms with van der Waals surface area (Å²) < 4.78 is 31.4. The van der Waals surface area contributed by atoms with E-state index in [9.17, 15) is 18.8 Å². The van der Waals surface area contributed by atoms with E-state index in [1.54, 1.807) is 22.1 Å². The van der Waals surface area contributed by atoms with Crippen LogP contribution in [0.25, 0.3) is 0 Å². The molecule has 3 aliphatic heterocycles. The minimum absolute atomic E-state index is 0. The molecule has 1 unspecified atom stereocenters. The molecular formula is C32H29ClF2N8O3S. The normalized spacial score (nSPS) is 17.6. The highest BCUT2D eigenvalue weighted by Gasteiger charge is 2.42. The Morgan fingerprint density at radius 3 is 2.66 bits per heavy atom. The van der Waals surface area contributed by atoms with Gasteiger partial charge in [-0.3, -0.25) is 19.7 Å². The van der Waals surface area contributed by atoms with Crippen LogP contribution in [0.4, 0.5) is 13.9 Å². The summed E-state index contributed by atoms with van der Waals surface area (Å²) in [6.07, 6.45) is 5.10. The molecule has 0 aliphatic carbocycles. The van der Waals surface area contributed by atoms with Gasteiger partial charge in [-0.1, -0.05) is 11.8 Å². The highest BCUT2D eigenvalue weighted by atomic mass is 35.5. The molecule has 3 N–H and O–H groups in total. The minimum atomic E-state index is -1.24. The van der Waals surface area contributed by atoms with Crippen LogP contribution in [-0.4, -0.2) is 67.4 Å². The average molecular weight is 679 g/mol. The molecule has 6 heterocycles. The molecular weight excluding hydrogens is 650 g/mol. The number of carbonyl (C=O) groups excluding carboxylic acids is 3. The number of hydrogen-bond donors (Lipinski definition) is 3. The number of anilines is 1. The Morgan fingerprint density at radius 1 is 1.11 bits per heavy atom. The number of nitrogens with zero attached hydrogens (tertiary/aromatic N) is 5. The van der Waals surface area contributed by atoms with Gasteiger partial charge in [0.1, 0.15) is 17.7 Å². The van der Waals surface area contributed by atoms with E-state index in [1.807, 2.05) is 0 Å². The van der Waals surface area contributed by atoms with Crippen LogP contribution in [0, 0.1) is 17.7 Å². The molecule has 7 rings (SSSR count). The third kappa shape index (κ3) is 6.60. The standard InChI is InChI=1S/C32H28F2N8O3S.ClH/c33-20-13-26-27(38-17-41(26)15-20)28(30(44)40-32-36-9-10-46-32)42-16-23-22(31(42)45)11-19(12-24(23)34)2-1-18-3-4-25(37-14-18)29(43)39-21-5-7-35-8-6-21;/h3-4,9-12,14,17,20-21,28,35H,5-8,13,15-16H2,(H,39,43)(H,36,40,44);1H/t20-,28?;/m1./s1. The summed E-state index contributed by atoms with van der Waals surface area (Å²) in [5.74, 6) is 3.74. The summed E-state index contributed by atoms with van der Waals surface area (Å²) in [5, 5.41) is 11.0. The molecule has 3 aliphatic rings. The molecule has 242 valence electrons. The van der Waals surface area contributed by atoms with E-state index in [2.05, 4.69) is 42.7 Å². The van der Waals surface area contributed by atoms with Gasteiger partial charge in [0.15, 0.2) is 11.2 Å². The second-order valence-electron chi connectivity index (χ2n) is 11.4. The summed E-state index contributed by atoms with van der Waals surface area (Å²) in [4.78, 5) is 53.9. The topological polar surface area (TPSA) is 134 Å². The Bertz CT molecular complexity index is 1880. The van der Waals surface area contributed by atoms with Crippen LogP contribution in [0.1, 0.15) is 67.8 Å². The lowest BCUT2D eigenvalue weighted by molar-refractivity contribution is -0.121. The van der Waals surface area contributed by atoms with Crippen LogP contribution in [-0.2, 0) is 24.3 Å². The maximum atomic E-state index is 15.5. The number of halogens is 3. The summed E-state index contributed by atoms with van der Waals surface area (Å²) in [6.45, 7) is 1.64. The van der Waals surface area contributed by atoms with Crippen molar-refractivity contribution in [3.8, 4) is 11.8 Å². The first-order valence-corrected chi connectivity index (χ1v) is 15.7. The SMILES string of the molecule is Cl.O=C(NC1CCNCC1)c1ccc(C#Cc2cc(F)c3c(c2)C(=O)N(C(C(=O)Nc2nccs2)c2ncn4c2C[C@@H](F)C4)C3)cn1. The number of nitrogens with one attached hydrogen (secondary N) is 3. The first-order valence-electron chi connectivity index (χ1n) is 14.9. The van der Waals surface area contributed by atoms with Crippen LogP contribution < -0.4 is 16.0 Å². The van der Waals surface area contributed by atoms with E-state index < -0.39 is 29.8 Å². The molecule has 1 aromatic carbocycles. The van der Waals surface area contributed by atoms with E-state index in [1.165, 1.54) is 47.1 Å². The van der Waals surface area contributed by atoms with Crippen molar-refractivity contribution in [2.75, 3.05) is 18.4 Å². The van der Waals surface area contributed by atoms with E-state index in [0.29, 0.717) is 16.4 Å². The smallest absolute Gasteiger partial charge is 0.270 e. The number of piperidine rings is 1. The van der Waals surface area contributed by atoms with Gasteiger partial charge in [-0.2, -0.15) is 0 Å². The molecule has 15 heteroatoms. The summed E-state index contributed by atoms with van der Waals surface area (Å²) in [7, 11) is 0. The molecule has 0 bridgehead atoms. The fraction of sp³-hybridized carbons (Fsp3) is 0.312.